The molecule has 1 N–H and O–H groups in total. The van der Waals surface area contributed by atoms with Crippen LogP contribution in [0.1, 0.15) is 12.0 Å². The van der Waals surface area contributed by atoms with Crippen LogP contribution < -0.4 is 15.7 Å². The lowest BCUT2D eigenvalue weighted by molar-refractivity contribution is 0.414. The van der Waals surface area contributed by atoms with Crippen molar-refractivity contribution in [2.45, 2.75) is 19.5 Å². The van der Waals surface area contributed by atoms with Gasteiger partial charge in [-0.15, -0.1) is 0 Å². The number of hydrogen-bond donors (Lipinski definition) is 1. The number of methoxy groups -OCH3 is 1. The van der Waals surface area contributed by atoms with Crippen LogP contribution in [0.4, 0.5) is 14.7 Å². The zero-order valence-corrected chi connectivity index (χ0v) is 19.4. The molecule has 9 nitrogen and oxygen atoms in total. The average molecular weight is 492 g/mol. The Kier molecular flexibility index (Phi) is 6.44. The second kappa shape index (κ2) is 9.98. The number of rotatable bonds is 9. The monoisotopic (exact) mass is 491 g/mol. The molecule has 0 radical (unpaired) electrons. The summed E-state index contributed by atoms with van der Waals surface area (Å²) in [5.41, 5.74) is 0.423. The van der Waals surface area contributed by atoms with Crippen molar-refractivity contribution in [2.75, 3.05) is 19.0 Å². The molecule has 0 unspecified atom stereocenters. The Bertz CT molecular complexity index is 1540. The maximum atomic E-state index is 14.4. The van der Waals surface area contributed by atoms with Gasteiger partial charge in [0.15, 0.2) is 5.65 Å². The van der Waals surface area contributed by atoms with E-state index in [0.29, 0.717) is 35.1 Å². The van der Waals surface area contributed by atoms with E-state index in [2.05, 4.69) is 20.3 Å². The van der Waals surface area contributed by atoms with E-state index in [4.69, 9.17) is 4.74 Å². The highest BCUT2D eigenvalue weighted by molar-refractivity contribution is 5.74. The molecule has 0 aliphatic carbocycles. The molecule has 0 spiro atoms. The molecular formula is C25H23F2N7O2. The number of nitrogens with one attached hydrogen (secondary N) is 1. The molecule has 0 atom stereocenters. The first kappa shape index (κ1) is 23.2. The van der Waals surface area contributed by atoms with E-state index in [1.165, 1.54) is 28.5 Å². The third-order valence-corrected chi connectivity index (χ3v) is 5.80. The average Bonchev–Trinajstić information content (AvgIpc) is 3.50. The fourth-order valence-corrected chi connectivity index (χ4v) is 3.98. The Morgan fingerprint density at radius 2 is 1.92 bits per heavy atom. The summed E-state index contributed by atoms with van der Waals surface area (Å²) in [4.78, 5) is 26.5. The molecule has 0 saturated carbocycles. The number of imidazole rings is 2. The molecule has 5 rings (SSSR count). The lowest BCUT2D eigenvalue weighted by atomic mass is 10.2. The van der Waals surface area contributed by atoms with Gasteiger partial charge in [0.25, 0.3) is 0 Å². The van der Waals surface area contributed by atoms with Crippen LogP contribution in [0.3, 0.4) is 0 Å². The van der Waals surface area contributed by atoms with Crippen LogP contribution in [0, 0.1) is 11.6 Å². The van der Waals surface area contributed by atoms with Crippen LogP contribution in [0.2, 0.25) is 0 Å². The molecule has 5 aromatic rings. The van der Waals surface area contributed by atoms with Crippen molar-refractivity contribution in [3.63, 3.8) is 0 Å². The number of hydrogen-bond acceptors (Lipinski definition) is 6. The SMILES string of the molecule is COc1cccc(-n2c(=O)n(Cc3c(F)cccc3F)c3cnc(NCCCn4ccnc4)nc32)c1. The highest BCUT2D eigenvalue weighted by Crippen LogP contribution is 2.22. The smallest absolute Gasteiger partial charge is 0.335 e. The number of fused-ring (bicyclic) bond motifs is 1. The van der Waals surface area contributed by atoms with Crippen LogP contribution in [0.15, 0.2) is 72.2 Å². The van der Waals surface area contributed by atoms with Crippen LogP contribution in [0.25, 0.3) is 16.9 Å². The van der Waals surface area contributed by atoms with Crippen molar-refractivity contribution in [3.8, 4) is 11.4 Å². The first-order chi connectivity index (χ1) is 17.5. The first-order valence-corrected chi connectivity index (χ1v) is 11.3. The van der Waals surface area contributed by atoms with E-state index in [0.717, 1.165) is 25.1 Å². The molecule has 0 bridgehead atoms. The number of aromatic nitrogens is 6. The Balaban J connectivity index is 1.54. The summed E-state index contributed by atoms with van der Waals surface area (Å²) >= 11 is 0. The fourth-order valence-electron chi connectivity index (χ4n) is 3.98. The molecule has 184 valence electrons. The molecule has 11 heteroatoms. The lowest BCUT2D eigenvalue weighted by Gasteiger charge is -2.07. The number of nitrogens with zero attached hydrogens (tertiary/aromatic N) is 6. The van der Waals surface area contributed by atoms with Crippen molar-refractivity contribution in [2.24, 2.45) is 0 Å². The van der Waals surface area contributed by atoms with Gasteiger partial charge in [-0.3, -0.25) is 4.57 Å². The maximum absolute atomic E-state index is 14.4. The normalized spacial score (nSPS) is 11.2. The number of halogens is 2. The summed E-state index contributed by atoms with van der Waals surface area (Å²) in [7, 11) is 1.53. The minimum atomic E-state index is -0.735. The van der Waals surface area contributed by atoms with E-state index >= 15 is 0 Å². The van der Waals surface area contributed by atoms with Gasteiger partial charge in [0.1, 0.15) is 22.9 Å². The number of ether oxygens (including phenoxy) is 1. The molecule has 3 aromatic heterocycles. The van der Waals surface area contributed by atoms with Crippen LogP contribution >= 0.6 is 0 Å². The van der Waals surface area contributed by atoms with Gasteiger partial charge in [0, 0.05) is 37.1 Å². The molecule has 2 aromatic carbocycles. The third kappa shape index (κ3) is 4.54. The summed E-state index contributed by atoms with van der Waals surface area (Å²) in [5, 5.41) is 3.17. The van der Waals surface area contributed by atoms with Gasteiger partial charge in [0.05, 0.1) is 31.9 Å². The van der Waals surface area contributed by atoms with Gasteiger partial charge in [-0.2, -0.15) is 4.98 Å². The standard InChI is InChI=1S/C25H23F2N7O2/c1-36-18-6-2-5-17(13-18)34-23-22(33(25(34)35)15-19-20(26)7-3-8-21(19)27)14-30-24(31-23)29-9-4-11-32-12-10-28-16-32/h2-3,5-8,10,12-14,16H,4,9,11,15H2,1H3,(H,29,30,31). The summed E-state index contributed by atoms with van der Waals surface area (Å²) in [5.74, 6) is -0.589. The molecule has 0 amide bonds. The Hall–Kier alpha value is -4.54. The largest absolute Gasteiger partial charge is 0.497 e. The van der Waals surface area contributed by atoms with Crippen molar-refractivity contribution >= 4 is 17.1 Å². The number of anilines is 1. The summed E-state index contributed by atoms with van der Waals surface area (Å²) in [6.07, 6.45) is 7.64. The van der Waals surface area contributed by atoms with E-state index in [1.54, 1.807) is 36.8 Å². The molecule has 0 saturated heterocycles. The zero-order chi connectivity index (χ0) is 25.1. The van der Waals surface area contributed by atoms with Gasteiger partial charge < -0.3 is 14.6 Å². The lowest BCUT2D eigenvalue weighted by Crippen LogP contribution is -2.24. The second-order valence-corrected chi connectivity index (χ2v) is 8.09. The van der Waals surface area contributed by atoms with Gasteiger partial charge in [-0.05, 0) is 30.7 Å². The van der Waals surface area contributed by atoms with Gasteiger partial charge in [-0.1, -0.05) is 12.1 Å². The van der Waals surface area contributed by atoms with E-state index in [-0.39, 0.29) is 12.1 Å². The van der Waals surface area contributed by atoms with E-state index in [1.807, 2.05) is 10.8 Å². The molecule has 0 fully saturated rings. The molecule has 36 heavy (non-hydrogen) atoms. The Morgan fingerprint density at radius 3 is 2.67 bits per heavy atom. The zero-order valence-electron chi connectivity index (χ0n) is 19.4. The Morgan fingerprint density at radius 1 is 1.11 bits per heavy atom. The highest BCUT2D eigenvalue weighted by atomic mass is 19.1. The maximum Gasteiger partial charge on any atom is 0.335 e. The van der Waals surface area contributed by atoms with Gasteiger partial charge >= 0.3 is 5.69 Å². The van der Waals surface area contributed by atoms with Crippen LogP contribution in [0.5, 0.6) is 5.75 Å². The molecule has 0 aliphatic heterocycles. The predicted octanol–water partition coefficient (Wildman–Crippen LogP) is 3.62. The van der Waals surface area contributed by atoms with Crippen LogP contribution in [-0.4, -0.2) is 42.3 Å². The molecule has 3 heterocycles. The van der Waals surface area contributed by atoms with E-state index in [9.17, 15) is 13.6 Å². The Labute approximate surface area is 204 Å². The van der Waals surface area contributed by atoms with Crippen molar-refractivity contribution in [1.82, 2.24) is 28.7 Å². The van der Waals surface area contributed by atoms with Crippen LogP contribution in [-0.2, 0) is 13.1 Å². The predicted molar refractivity (Wildman–Crippen MR) is 130 cm³/mol. The number of aryl methyl sites for hydroxylation is 1. The first-order valence-electron chi connectivity index (χ1n) is 11.3. The van der Waals surface area contributed by atoms with Crippen molar-refractivity contribution in [1.29, 1.82) is 0 Å². The summed E-state index contributed by atoms with van der Waals surface area (Å²) in [6, 6.07) is 10.5. The van der Waals surface area contributed by atoms with Crippen molar-refractivity contribution < 1.29 is 13.5 Å². The highest BCUT2D eigenvalue weighted by Gasteiger charge is 2.20. The minimum Gasteiger partial charge on any atom is -0.497 e. The van der Waals surface area contributed by atoms with E-state index < -0.39 is 17.3 Å². The quantitative estimate of drug-likeness (QED) is 0.317. The van der Waals surface area contributed by atoms with Gasteiger partial charge in [-0.25, -0.2) is 28.1 Å². The molecule has 0 aliphatic rings. The minimum absolute atomic E-state index is 0.217. The summed E-state index contributed by atoms with van der Waals surface area (Å²) < 4.78 is 38.7. The van der Waals surface area contributed by atoms with Gasteiger partial charge in [0.2, 0.25) is 5.95 Å². The third-order valence-electron chi connectivity index (χ3n) is 5.80. The van der Waals surface area contributed by atoms with Crippen molar-refractivity contribution in [3.05, 3.63) is 95.1 Å². The second-order valence-electron chi connectivity index (χ2n) is 8.09. The summed E-state index contributed by atoms with van der Waals surface area (Å²) in [6.45, 7) is 1.05. The number of benzene rings is 2. The fraction of sp³-hybridized carbons (Fsp3) is 0.200. The topological polar surface area (TPSA) is 91.8 Å². The molecular weight excluding hydrogens is 468 g/mol.